The third kappa shape index (κ3) is 2.99. The second kappa shape index (κ2) is 6.83. The number of methoxy groups -OCH3 is 1. The minimum atomic E-state index is -1.43. The molecule has 2 heterocycles. The molecule has 24 heavy (non-hydrogen) atoms. The van der Waals surface area contributed by atoms with Gasteiger partial charge in [0.15, 0.2) is 6.29 Å². The van der Waals surface area contributed by atoms with Crippen LogP contribution in [0.25, 0.3) is 10.9 Å². The van der Waals surface area contributed by atoms with Crippen LogP contribution in [0, 0.1) is 0 Å². The van der Waals surface area contributed by atoms with E-state index in [1.54, 1.807) is 25.3 Å². The molecule has 1 fully saturated rings. The molecule has 0 bridgehead atoms. The van der Waals surface area contributed by atoms with Crippen molar-refractivity contribution in [2.24, 2.45) is 0 Å². The molecule has 0 aliphatic carbocycles. The summed E-state index contributed by atoms with van der Waals surface area (Å²) in [5, 5.41) is 42.8. The lowest BCUT2D eigenvalue weighted by Crippen LogP contribution is -2.61. The SMILES string of the molecule is COc1ccc2c(NC3C(O)O[C@H](CO)C(O)[C@@H]3O)ncnc2c1. The number of hydrogen-bond acceptors (Lipinski definition) is 9. The van der Waals surface area contributed by atoms with E-state index in [4.69, 9.17) is 14.6 Å². The lowest BCUT2D eigenvalue weighted by molar-refractivity contribution is -0.245. The molecule has 0 radical (unpaired) electrons. The zero-order valence-electron chi connectivity index (χ0n) is 12.9. The van der Waals surface area contributed by atoms with Gasteiger partial charge in [-0.25, -0.2) is 9.97 Å². The molecule has 3 unspecified atom stereocenters. The summed E-state index contributed by atoms with van der Waals surface area (Å²) in [6.07, 6.45) is -3.85. The van der Waals surface area contributed by atoms with Crippen LogP contribution in [-0.4, -0.2) is 74.8 Å². The first-order valence-corrected chi connectivity index (χ1v) is 7.41. The van der Waals surface area contributed by atoms with E-state index in [9.17, 15) is 15.3 Å². The molecule has 1 aliphatic heterocycles. The lowest BCUT2D eigenvalue weighted by Gasteiger charge is -2.40. The molecule has 0 saturated carbocycles. The van der Waals surface area contributed by atoms with Gasteiger partial charge in [0, 0.05) is 11.5 Å². The van der Waals surface area contributed by atoms with Crippen molar-refractivity contribution in [1.29, 1.82) is 0 Å². The molecule has 3 rings (SSSR count). The molecule has 2 aromatic rings. The molecule has 1 aromatic carbocycles. The number of nitrogens with one attached hydrogen (secondary N) is 1. The molecular formula is C15H19N3O6. The van der Waals surface area contributed by atoms with Crippen molar-refractivity contribution in [3.8, 4) is 5.75 Å². The number of fused-ring (bicyclic) bond motifs is 1. The summed E-state index contributed by atoms with van der Waals surface area (Å²) >= 11 is 0. The Morgan fingerprint density at radius 2 is 2.00 bits per heavy atom. The number of ether oxygens (including phenoxy) is 2. The van der Waals surface area contributed by atoms with Gasteiger partial charge in [-0.3, -0.25) is 0 Å². The third-order valence-electron chi connectivity index (χ3n) is 4.05. The number of anilines is 1. The zero-order chi connectivity index (χ0) is 17.3. The largest absolute Gasteiger partial charge is 0.497 e. The molecule has 9 heteroatoms. The van der Waals surface area contributed by atoms with Crippen LogP contribution in [0.4, 0.5) is 5.82 Å². The Balaban J connectivity index is 1.89. The van der Waals surface area contributed by atoms with Crippen molar-refractivity contribution in [3.63, 3.8) is 0 Å². The summed E-state index contributed by atoms with van der Waals surface area (Å²) in [6, 6.07) is 4.18. The molecular weight excluding hydrogens is 318 g/mol. The normalized spacial score (nSPS) is 30.3. The topological polar surface area (TPSA) is 137 Å². The average Bonchev–Trinajstić information content (AvgIpc) is 2.61. The highest BCUT2D eigenvalue weighted by atomic mass is 16.6. The van der Waals surface area contributed by atoms with Crippen molar-refractivity contribution in [2.45, 2.75) is 30.6 Å². The maximum absolute atomic E-state index is 10.2. The Bertz CT molecular complexity index is 715. The Labute approximate surface area is 137 Å². The van der Waals surface area contributed by atoms with Gasteiger partial charge >= 0.3 is 0 Å². The van der Waals surface area contributed by atoms with Crippen molar-refractivity contribution < 1.29 is 29.9 Å². The molecule has 1 aromatic heterocycles. The number of rotatable bonds is 4. The molecule has 5 N–H and O–H groups in total. The molecule has 5 atom stereocenters. The van der Waals surface area contributed by atoms with Crippen LogP contribution in [-0.2, 0) is 4.74 Å². The first-order chi connectivity index (χ1) is 11.5. The standard InChI is InChI=1S/C15H19N3O6/c1-23-7-2-3-8-9(4-7)16-6-17-14(8)18-11-13(21)12(20)10(5-19)24-15(11)22/h2-4,6,10-13,15,19-22H,5H2,1H3,(H,16,17,18)/t10-,11?,12?,13-,15?/m1/s1. The fourth-order valence-corrected chi connectivity index (χ4v) is 2.69. The molecule has 9 nitrogen and oxygen atoms in total. The van der Waals surface area contributed by atoms with Crippen LogP contribution in [0.5, 0.6) is 5.75 Å². The highest BCUT2D eigenvalue weighted by molar-refractivity contribution is 5.89. The Morgan fingerprint density at radius 3 is 2.71 bits per heavy atom. The fourth-order valence-electron chi connectivity index (χ4n) is 2.69. The summed E-state index contributed by atoms with van der Waals surface area (Å²) in [7, 11) is 1.55. The first kappa shape index (κ1) is 16.8. The fraction of sp³-hybridized carbons (Fsp3) is 0.467. The second-order valence-corrected chi connectivity index (χ2v) is 5.50. The quantitative estimate of drug-likeness (QED) is 0.468. The van der Waals surface area contributed by atoms with Gasteiger partial charge in [-0.05, 0) is 12.1 Å². The molecule has 0 spiro atoms. The molecule has 1 aliphatic rings. The van der Waals surface area contributed by atoms with Gasteiger partial charge in [0.1, 0.15) is 42.2 Å². The second-order valence-electron chi connectivity index (χ2n) is 5.50. The van der Waals surface area contributed by atoms with Crippen molar-refractivity contribution in [2.75, 3.05) is 19.0 Å². The number of nitrogens with zero attached hydrogens (tertiary/aromatic N) is 2. The summed E-state index contributed by atoms with van der Waals surface area (Å²) in [5.41, 5.74) is 0.612. The van der Waals surface area contributed by atoms with Gasteiger partial charge in [0.25, 0.3) is 0 Å². The van der Waals surface area contributed by atoms with Crippen molar-refractivity contribution in [3.05, 3.63) is 24.5 Å². The van der Waals surface area contributed by atoms with E-state index < -0.39 is 37.3 Å². The van der Waals surface area contributed by atoms with E-state index in [1.165, 1.54) is 6.33 Å². The monoisotopic (exact) mass is 337 g/mol. The van der Waals surface area contributed by atoms with Crippen molar-refractivity contribution >= 4 is 16.7 Å². The Hall–Kier alpha value is -2.04. The summed E-state index contributed by atoms with van der Waals surface area (Å²) in [4.78, 5) is 8.27. The van der Waals surface area contributed by atoms with Gasteiger partial charge in [0.05, 0.1) is 19.2 Å². The van der Waals surface area contributed by atoms with Gasteiger partial charge in [0.2, 0.25) is 0 Å². The summed E-state index contributed by atoms with van der Waals surface area (Å²) in [5.74, 6) is 0.999. The maximum atomic E-state index is 10.2. The molecule has 0 amide bonds. The van der Waals surface area contributed by atoms with Crippen LogP contribution < -0.4 is 10.1 Å². The number of benzene rings is 1. The highest BCUT2D eigenvalue weighted by Gasteiger charge is 2.43. The predicted octanol–water partition coefficient (Wildman–Crippen LogP) is -1.15. The van der Waals surface area contributed by atoms with E-state index >= 15 is 0 Å². The van der Waals surface area contributed by atoms with Gasteiger partial charge in [-0.1, -0.05) is 0 Å². The third-order valence-corrected chi connectivity index (χ3v) is 4.05. The number of aromatic nitrogens is 2. The van der Waals surface area contributed by atoms with Crippen LogP contribution >= 0.6 is 0 Å². The van der Waals surface area contributed by atoms with Crippen LogP contribution in [0.2, 0.25) is 0 Å². The van der Waals surface area contributed by atoms with Crippen LogP contribution in [0.3, 0.4) is 0 Å². The van der Waals surface area contributed by atoms with E-state index in [0.29, 0.717) is 22.5 Å². The van der Waals surface area contributed by atoms with E-state index in [1.807, 2.05) is 0 Å². The van der Waals surface area contributed by atoms with E-state index in [-0.39, 0.29) is 0 Å². The van der Waals surface area contributed by atoms with E-state index in [2.05, 4.69) is 15.3 Å². The number of aliphatic hydroxyl groups excluding tert-OH is 4. The summed E-state index contributed by atoms with van der Waals surface area (Å²) < 4.78 is 10.3. The van der Waals surface area contributed by atoms with Gasteiger partial charge < -0.3 is 35.2 Å². The minimum absolute atomic E-state index is 0.365. The Morgan fingerprint density at radius 1 is 1.21 bits per heavy atom. The molecule has 130 valence electrons. The van der Waals surface area contributed by atoms with Crippen LogP contribution in [0.15, 0.2) is 24.5 Å². The highest BCUT2D eigenvalue weighted by Crippen LogP contribution is 2.27. The van der Waals surface area contributed by atoms with Gasteiger partial charge in [-0.2, -0.15) is 0 Å². The summed E-state index contributed by atoms with van der Waals surface area (Å²) in [6.45, 7) is -0.516. The average molecular weight is 337 g/mol. The van der Waals surface area contributed by atoms with Gasteiger partial charge in [-0.15, -0.1) is 0 Å². The lowest BCUT2D eigenvalue weighted by atomic mass is 9.97. The van der Waals surface area contributed by atoms with E-state index in [0.717, 1.165) is 0 Å². The number of aliphatic hydroxyl groups is 4. The number of hydrogen-bond donors (Lipinski definition) is 5. The van der Waals surface area contributed by atoms with Crippen LogP contribution in [0.1, 0.15) is 0 Å². The minimum Gasteiger partial charge on any atom is -0.497 e. The predicted molar refractivity (Wildman–Crippen MR) is 83.5 cm³/mol. The Kier molecular flexibility index (Phi) is 4.78. The maximum Gasteiger partial charge on any atom is 0.178 e. The first-order valence-electron chi connectivity index (χ1n) is 7.41. The molecule has 1 saturated heterocycles. The van der Waals surface area contributed by atoms with Crippen molar-refractivity contribution in [1.82, 2.24) is 9.97 Å². The zero-order valence-corrected chi connectivity index (χ0v) is 12.9. The smallest absolute Gasteiger partial charge is 0.178 e.